The number of nitrogens with zero attached hydrogens (tertiary/aromatic N) is 3. The van der Waals surface area contributed by atoms with Crippen LogP contribution >= 0.6 is 15.9 Å². The fourth-order valence-corrected chi connectivity index (χ4v) is 2.06. The molecule has 0 aliphatic carbocycles. The van der Waals surface area contributed by atoms with Gasteiger partial charge in [-0.05, 0) is 28.1 Å². The maximum Gasteiger partial charge on any atom is 0.338 e. The van der Waals surface area contributed by atoms with Crippen molar-refractivity contribution >= 4 is 27.6 Å². The van der Waals surface area contributed by atoms with Gasteiger partial charge in [0.25, 0.3) is 0 Å². The Hall–Kier alpha value is -1.89. The molecule has 0 aliphatic rings. The number of anilines is 1. The Balaban J connectivity index is 2.19. The van der Waals surface area contributed by atoms with Crippen LogP contribution in [-0.4, -0.2) is 25.8 Å². The summed E-state index contributed by atoms with van der Waals surface area (Å²) in [6, 6.07) is 5.16. The molecule has 1 aromatic heterocycles. The van der Waals surface area contributed by atoms with Crippen molar-refractivity contribution in [2.45, 2.75) is 6.54 Å². The molecule has 0 bridgehead atoms. The summed E-state index contributed by atoms with van der Waals surface area (Å²) in [5.74, 6) is -0.382. The maximum absolute atomic E-state index is 11.2. The van der Waals surface area contributed by atoms with Crippen LogP contribution in [0.15, 0.2) is 29.0 Å². The molecule has 1 heterocycles. The molecule has 7 heteroatoms. The lowest BCUT2D eigenvalue weighted by Crippen LogP contribution is -2.08. The van der Waals surface area contributed by atoms with Crippen LogP contribution < -0.4 is 5.32 Å². The number of carboxylic acids is 1. The summed E-state index contributed by atoms with van der Waals surface area (Å²) in [7, 11) is 1.78. The molecule has 2 aromatic rings. The highest BCUT2D eigenvalue weighted by molar-refractivity contribution is 9.10. The van der Waals surface area contributed by atoms with E-state index >= 15 is 0 Å². The number of rotatable bonds is 4. The summed E-state index contributed by atoms with van der Waals surface area (Å²) < 4.78 is 2.13. The molecule has 1 aromatic carbocycles. The molecule has 94 valence electrons. The molecule has 2 rings (SSSR count). The summed E-state index contributed by atoms with van der Waals surface area (Å²) in [6.45, 7) is 0.373. The summed E-state index contributed by atoms with van der Waals surface area (Å²) in [5, 5.41) is 16.3. The van der Waals surface area contributed by atoms with Crippen LogP contribution in [0, 0.1) is 0 Å². The van der Waals surface area contributed by atoms with Crippen LogP contribution in [-0.2, 0) is 13.6 Å². The summed E-state index contributed by atoms with van der Waals surface area (Å²) in [5.41, 5.74) is 0.734. The molecule has 0 fully saturated rings. The Bertz CT molecular complexity index is 582. The highest BCUT2D eigenvalue weighted by atomic mass is 79.9. The van der Waals surface area contributed by atoms with Gasteiger partial charge in [0.1, 0.15) is 6.33 Å². The van der Waals surface area contributed by atoms with Crippen molar-refractivity contribution in [3.05, 3.63) is 40.4 Å². The van der Waals surface area contributed by atoms with Gasteiger partial charge < -0.3 is 10.4 Å². The molecule has 0 atom stereocenters. The molecule has 0 spiro atoms. The Morgan fingerprint density at radius 3 is 2.94 bits per heavy atom. The molecule has 2 N–H and O–H groups in total. The second-order valence-corrected chi connectivity index (χ2v) is 4.51. The van der Waals surface area contributed by atoms with Gasteiger partial charge >= 0.3 is 5.97 Å². The predicted octanol–water partition coefficient (Wildman–Crippen LogP) is 1.89. The van der Waals surface area contributed by atoms with Gasteiger partial charge in [0, 0.05) is 11.5 Å². The van der Waals surface area contributed by atoms with Crippen LogP contribution in [0.3, 0.4) is 0 Å². The molecule has 0 saturated carbocycles. The fraction of sp³-hybridized carbons (Fsp3) is 0.182. The molecular weight excluding hydrogens is 300 g/mol. The second-order valence-electron chi connectivity index (χ2n) is 3.66. The molecule has 0 unspecified atom stereocenters. The third kappa shape index (κ3) is 2.67. The van der Waals surface area contributed by atoms with Gasteiger partial charge in [-0.1, -0.05) is 6.07 Å². The van der Waals surface area contributed by atoms with Gasteiger partial charge in [-0.2, -0.15) is 5.10 Å². The lowest BCUT2D eigenvalue weighted by Gasteiger charge is -2.09. The van der Waals surface area contributed by atoms with Gasteiger partial charge in [-0.3, -0.25) is 4.68 Å². The third-order valence-corrected chi connectivity index (χ3v) is 2.97. The Labute approximate surface area is 112 Å². The maximum atomic E-state index is 11.2. The largest absolute Gasteiger partial charge is 0.478 e. The first-order valence-electron chi connectivity index (χ1n) is 5.18. The highest BCUT2D eigenvalue weighted by Crippen LogP contribution is 2.24. The third-order valence-electron chi connectivity index (χ3n) is 2.31. The van der Waals surface area contributed by atoms with Gasteiger partial charge in [-0.25, -0.2) is 9.78 Å². The lowest BCUT2D eigenvalue weighted by molar-refractivity contribution is 0.0697. The lowest BCUT2D eigenvalue weighted by atomic mass is 10.2. The van der Waals surface area contributed by atoms with E-state index in [-0.39, 0.29) is 5.56 Å². The first-order chi connectivity index (χ1) is 8.58. The number of hydrogen-bond acceptors (Lipinski definition) is 4. The first-order valence-corrected chi connectivity index (χ1v) is 5.97. The van der Waals surface area contributed by atoms with Crippen molar-refractivity contribution in [3.63, 3.8) is 0 Å². The molecule has 6 nitrogen and oxygen atoms in total. The molecule has 0 saturated heterocycles. The van der Waals surface area contributed by atoms with E-state index in [4.69, 9.17) is 5.11 Å². The second kappa shape index (κ2) is 5.18. The molecule has 0 aliphatic heterocycles. The van der Waals surface area contributed by atoms with Gasteiger partial charge in [0.2, 0.25) is 0 Å². The zero-order valence-electron chi connectivity index (χ0n) is 9.59. The Morgan fingerprint density at radius 1 is 1.56 bits per heavy atom. The van der Waals surface area contributed by atoms with Crippen molar-refractivity contribution in [1.82, 2.24) is 14.8 Å². The SMILES string of the molecule is Cn1cnc(CNc2cccc(Br)c2C(=O)O)n1. The standard InChI is InChI=1S/C11H11BrN4O2/c1-16-6-14-9(15-16)5-13-8-4-2-3-7(12)10(8)11(17)18/h2-4,6,13H,5H2,1H3,(H,17,18). The molecule has 0 amide bonds. The van der Waals surface area contributed by atoms with Gasteiger partial charge in [-0.15, -0.1) is 0 Å². The van der Waals surface area contributed by atoms with Crippen LogP contribution in [0.4, 0.5) is 5.69 Å². The topological polar surface area (TPSA) is 80.0 Å². The number of carboxylic acid groups (broad SMARTS) is 1. The number of hydrogen-bond donors (Lipinski definition) is 2. The van der Waals surface area contributed by atoms with Crippen molar-refractivity contribution in [2.75, 3.05) is 5.32 Å². The number of carbonyl (C=O) groups is 1. The Kier molecular flexibility index (Phi) is 3.61. The van der Waals surface area contributed by atoms with Gasteiger partial charge in [0.05, 0.1) is 17.8 Å². The number of aryl methyl sites for hydroxylation is 1. The summed E-state index contributed by atoms with van der Waals surface area (Å²) in [4.78, 5) is 15.2. The van der Waals surface area contributed by atoms with E-state index in [1.54, 1.807) is 36.3 Å². The zero-order valence-corrected chi connectivity index (χ0v) is 11.2. The fourth-order valence-electron chi connectivity index (χ4n) is 1.53. The summed E-state index contributed by atoms with van der Waals surface area (Å²) in [6.07, 6.45) is 1.59. The zero-order chi connectivity index (χ0) is 13.1. The van der Waals surface area contributed by atoms with E-state index < -0.39 is 5.97 Å². The summed E-state index contributed by atoms with van der Waals surface area (Å²) >= 11 is 3.22. The number of benzene rings is 1. The van der Waals surface area contributed by atoms with Crippen LogP contribution in [0.1, 0.15) is 16.2 Å². The predicted molar refractivity (Wildman–Crippen MR) is 69.4 cm³/mol. The minimum atomic E-state index is -0.987. The number of aromatic carboxylic acids is 1. The highest BCUT2D eigenvalue weighted by Gasteiger charge is 2.13. The normalized spacial score (nSPS) is 10.3. The molecule has 18 heavy (non-hydrogen) atoms. The average molecular weight is 311 g/mol. The van der Waals surface area contributed by atoms with E-state index in [1.807, 2.05) is 0 Å². The van der Waals surface area contributed by atoms with Crippen LogP contribution in [0.5, 0.6) is 0 Å². The smallest absolute Gasteiger partial charge is 0.338 e. The monoisotopic (exact) mass is 310 g/mol. The minimum absolute atomic E-state index is 0.202. The number of halogens is 1. The van der Waals surface area contributed by atoms with E-state index in [1.165, 1.54) is 0 Å². The number of nitrogens with one attached hydrogen (secondary N) is 1. The van der Waals surface area contributed by atoms with E-state index in [2.05, 4.69) is 31.3 Å². The average Bonchev–Trinajstić information content (AvgIpc) is 2.72. The van der Waals surface area contributed by atoms with E-state index in [0.29, 0.717) is 22.5 Å². The van der Waals surface area contributed by atoms with E-state index in [0.717, 1.165) is 0 Å². The molecular formula is C11H11BrN4O2. The quantitative estimate of drug-likeness (QED) is 0.901. The van der Waals surface area contributed by atoms with Gasteiger partial charge in [0.15, 0.2) is 5.82 Å². The Morgan fingerprint density at radius 2 is 2.33 bits per heavy atom. The van der Waals surface area contributed by atoms with Crippen LogP contribution in [0.25, 0.3) is 0 Å². The van der Waals surface area contributed by atoms with Crippen LogP contribution in [0.2, 0.25) is 0 Å². The van der Waals surface area contributed by atoms with Crippen molar-refractivity contribution in [1.29, 1.82) is 0 Å². The van der Waals surface area contributed by atoms with E-state index in [9.17, 15) is 4.79 Å². The minimum Gasteiger partial charge on any atom is -0.478 e. The molecule has 0 radical (unpaired) electrons. The van der Waals surface area contributed by atoms with Crippen molar-refractivity contribution < 1.29 is 9.90 Å². The number of aromatic nitrogens is 3. The van der Waals surface area contributed by atoms with Crippen molar-refractivity contribution in [2.24, 2.45) is 7.05 Å². The van der Waals surface area contributed by atoms with Crippen molar-refractivity contribution in [3.8, 4) is 0 Å². The first kappa shape index (κ1) is 12.6.